The summed E-state index contributed by atoms with van der Waals surface area (Å²) >= 11 is 12.5. The molecule has 1 aliphatic rings. The molecule has 1 aliphatic heterocycles. The predicted molar refractivity (Wildman–Crippen MR) is 116 cm³/mol. The van der Waals surface area contributed by atoms with E-state index in [0.717, 1.165) is 11.8 Å². The van der Waals surface area contributed by atoms with Crippen molar-refractivity contribution in [3.63, 3.8) is 0 Å². The quantitative estimate of drug-likeness (QED) is 0.304. The number of carbonyl (C=O) groups is 2. The zero-order valence-electron chi connectivity index (χ0n) is 14.4. The third-order valence-electron chi connectivity index (χ3n) is 3.82. The van der Waals surface area contributed by atoms with Crippen LogP contribution in [0.15, 0.2) is 64.5 Å². The van der Waals surface area contributed by atoms with Gasteiger partial charge >= 0.3 is 5.97 Å². The molecule has 0 saturated carbocycles. The van der Waals surface area contributed by atoms with Gasteiger partial charge in [-0.15, -0.1) is 0 Å². The molecule has 0 aromatic heterocycles. The summed E-state index contributed by atoms with van der Waals surface area (Å²) in [5.74, 6) is -1.53. The number of carbonyl (C=O) groups excluding carboxylic acids is 1. The molecule has 0 atom stereocenters. The fraction of sp³-hybridized carbons (Fsp3) is 0. The van der Waals surface area contributed by atoms with E-state index in [1.165, 1.54) is 53.4 Å². The van der Waals surface area contributed by atoms with Crippen LogP contribution in [0.4, 0.5) is 11.4 Å². The van der Waals surface area contributed by atoms with E-state index in [0.29, 0.717) is 11.3 Å². The molecule has 0 bridgehead atoms. The highest BCUT2D eigenvalue weighted by molar-refractivity contribution is 8.27. The van der Waals surface area contributed by atoms with Crippen molar-refractivity contribution in [2.45, 2.75) is 0 Å². The number of amides is 1. The number of carboxylic acid groups (broad SMARTS) is 1. The predicted octanol–water partition coefficient (Wildman–Crippen LogP) is 4.82. The number of nitrogens with zero attached hydrogens (tertiary/aromatic N) is 2. The van der Waals surface area contributed by atoms with Crippen LogP contribution in [0.1, 0.15) is 15.9 Å². The maximum atomic E-state index is 12.7. The Morgan fingerprint density at radius 2 is 1.93 bits per heavy atom. The first-order valence-electron chi connectivity index (χ1n) is 7.99. The first kappa shape index (κ1) is 20.7. The second kappa shape index (κ2) is 8.56. The lowest BCUT2D eigenvalue weighted by molar-refractivity contribution is -0.384. The average Bonchev–Trinajstić information content (AvgIpc) is 2.95. The number of thiocarbonyl (C=S) groups is 1. The smallest absolute Gasteiger partial charge is 0.335 e. The highest BCUT2D eigenvalue weighted by atomic mass is 35.5. The van der Waals surface area contributed by atoms with Crippen LogP contribution >= 0.6 is 35.6 Å². The van der Waals surface area contributed by atoms with Crippen molar-refractivity contribution < 1.29 is 19.6 Å². The average molecular weight is 447 g/mol. The summed E-state index contributed by atoms with van der Waals surface area (Å²) in [6, 6.07) is 11.7. The molecule has 29 heavy (non-hydrogen) atoms. The van der Waals surface area contributed by atoms with Gasteiger partial charge in [0.25, 0.3) is 11.6 Å². The van der Waals surface area contributed by atoms with Crippen LogP contribution in [0.5, 0.6) is 0 Å². The number of nitro benzene ring substituents is 1. The Kier molecular flexibility index (Phi) is 6.12. The second-order valence-corrected chi connectivity index (χ2v) is 7.86. The Balaban J connectivity index is 1.84. The molecule has 1 heterocycles. The highest BCUT2D eigenvalue weighted by Gasteiger charge is 2.33. The lowest BCUT2D eigenvalue weighted by Crippen LogP contribution is -2.27. The van der Waals surface area contributed by atoms with Crippen LogP contribution < -0.4 is 4.90 Å². The Morgan fingerprint density at radius 3 is 2.55 bits per heavy atom. The summed E-state index contributed by atoms with van der Waals surface area (Å²) < 4.78 is 0.253. The van der Waals surface area contributed by atoms with Gasteiger partial charge < -0.3 is 5.11 Å². The number of benzene rings is 2. The molecule has 1 saturated heterocycles. The van der Waals surface area contributed by atoms with Crippen LogP contribution in [-0.2, 0) is 4.79 Å². The van der Waals surface area contributed by atoms with E-state index in [4.69, 9.17) is 28.9 Å². The molecular weight excluding hydrogens is 436 g/mol. The zero-order chi connectivity index (χ0) is 21.1. The van der Waals surface area contributed by atoms with E-state index < -0.39 is 16.8 Å². The number of hydrogen-bond acceptors (Lipinski definition) is 6. The number of carboxylic acids is 1. The van der Waals surface area contributed by atoms with Crippen LogP contribution in [0, 0.1) is 10.1 Å². The SMILES string of the molecule is O=C(O)c1cccc(N2C(=O)/C(=C/C(Cl)=C/c3ccc([N+](=O)[O-])cc3)SC2=S)c1. The number of allylic oxidation sites excluding steroid dienone is 2. The molecule has 1 amide bonds. The molecule has 0 spiro atoms. The highest BCUT2D eigenvalue weighted by Crippen LogP contribution is 2.36. The number of halogens is 1. The van der Waals surface area contributed by atoms with Gasteiger partial charge in [0.05, 0.1) is 21.1 Å². The molecule has 0 radical (unpaired) electrons. The summed E-state index contributed by atoms with van der Waals surface area (Å²) in [6.45, 7) is 0. The van der Waals surface area contributed by atoms with Gasteiger partial charge in [-0.05, 0) is 48.0 Å². The van der Waals surface area contributed by atoms with Crippen LogP contribution in [0.3, 0.4) is 0 Å². The molecule has 2 aromatic carbocycles. The van der Waals surface area contributed by atoms with Gasteiger partial charge in [-0.1, -0.05) is 41.6 Å². The third-order valence-corrected chi connectivity index (χ3v) is 5.34. The van der Waals surface area contributed by atoms with Crippen molar-refractivity contribution in [2.75, 3.05) is 4.90 Å². The summed E-state index contributed by atoms with van der Waals surface area (Å²) in [5, 5.41) is 20.1. The van der Waals surface area contributed by atoms with E-state index in [1.807, 2.05) is 0 Å². The van der Waals surface area contributed by atoms with Gasteiger partial charge in [0.15, 0.2) is 4.32 Å². The van der Waals surface area contributed by atoms with Crippen molar-refractivity contribution in [1.29, 1.82) is 0 Å². The maximum Gasteiger partial charge on any atom is 0.335 e. The maximum absolute atomic E-state index is 12.7. The monoisotopic (exact) mass is 446 g/mol. The molecule has 10 heteroatoms. The number of thioether (sulfide) groups is 1. The molecule has 0 unspecified atom stereocenters. The summed E-state index contributed by atoms with van der Waals surface area (Å²) in [7, 11) is 0. The minimum absolute atomic E-state index is 0.0385. The summed E-state index contributed by atoms with van der Waals surface area (Å²) in [6.07, 6.45) is 3.01. The molecule has 1 N–H and O–H groups in total. The number of aromatic carboxylic acids is 1. The number of hydrogen-bond donors (Lipinski definition) is 1. The molecular formula is C19H11ClN2O5S2. The normalized spacial score (nSPS) is 15.8. The molecule has 146 valence electrons. The van der Waals surface area contributed by atoms with Gasteiger partial charge in [-0.2, -0.15) is 0 Å². The first-order valence-corrected chi connectivity index (χ1v) is 9.59. The summed E-state index contributed by atoms with van der Waals surface area (Å²) in [5.41, 5.74) is 0.979. The lowest BCUT2D eigenvalue weighted by Gasteiger charge is -2.14. The Bertz CT molecular complexity index is 1100. The van der Waals surface area contributed by atoms with E-state index in [2.05, 4.69) is 0 Å². The first-order chi connectivity index (χ1) is 13.8. The largest absolute Gasteiger partial charge is 0.478 e. The molecule has 2 aromatic rings. The Morgan fingerprint density at radius 1 is 1.24 bits per heavy atom. The second-order valence-electron chi connectivity index (χ2n) is 5.75. The van der Waals surface area contributed by atoms with Crippen molar-refractivity contribution in [3.8, 4) is 0 Å². The fourth-order valence-electron chi connectivity index (χ4n) is 2.49. The minimum atomic E-state index is -1.11. The van der Waals surface area contributed by atoms with Gasteiger partial charge in [-0.3, -0.25) is 19.8 Å². The number of non-ortho nitro benzene ring substituents is 1. The Labute approximate surface area is 179 Å². The van der Waals surface area contributed by atoms with E-state index in [1.54, 1.807) is 12.1 Å². The number of anilines is 1. The minimum Gasteiger partial charge on any atom is -0.478 e. The van der Waals surface area contributed by atoms with Crippen LogP contribution in [0.25, 0.3) is 6.08 Å². The van der Waals surface area contributed by atoms with E-state index in [9.17, 15) is 19.7 Å². The van der Waals surface area contributed by atoms with Crippen molar-refractivity contribution >= 4 is 69.2 Å². The van der Waals surface area contributed by atoms with E-state index >= 15 is 0 Å². The number of rotatable bonds is 5. The van der Waals surface area contributed by atoms with Gasteiger partial charge in [0.2, 0.25) is 0 Å². The zero-order valence-corrected chi connectivity index (χ0v) is 16.8. The van der Waals surface area contributed by atoms with Gasteiger partial charge in [0.1, 0.15) is 0 Å². The number of nitro groups is 1. The van der Waals surface area contributed by atoms with Crippen molar-refractivity contribution in [3.05, 3.63) is 85.8 Å². The third kappa shape index (κ3) is 4.70. The van der Waals surface area contributed by atoms with Gasteiger partial charge in [-0.25, -0.2) is 4.79 Å². The molecule has 1 fully saturated rings. The summed E-state index contributed by atoms with van der Waals surface area (Å²) in [4.78, 5) is 35.6. The topological polar surface area (TPSA) is 101 Å². The van der Waals surface area contributed by atoms with Crippen LogP contribution in [-0.4, -0.2) is 26.2 Å². The molecule has 3 rings (SSSR count). The molecule has 0 aliphatic carbocycles. The van der Waals surface area contributed by atoms with E-state index in [-0.39, 0.29) is 25.5 Å². The van der Waals surface area contributed by atoms with Crippen LogP contribution in [0.2, 0.25) is 0 Å². The van der Waals surface area contributed by atoms with Crippen molar-refractivity contribution in [2.24, 2.45) is 0 Å². The lowest BCUT2D eigenvalue weighted by atomic mass is 10.2. The van der Waals surface area contributed by atoms with Gasteiger partial charge in [0, 0.05) is 17.2 Å². The standard InChI is InChI=1S/C19H11ClN2O5S2/c20-13(8-11-4-6-14(7-5-11)22(26)27)10-16-17(23)21(19(28)29-16)15-3-1-2-12(9-15)18(24)25/h1-10H,(H,24,25)/b13-8-,16-10-. The van der Waals surface area contributed by atoms with Crippen molar-refractivity contribution in [1.82, 2.24) is 0 Å². The fourth-order valence-corrected chi connectivity index (χ4v) is 4.08. The Hall–Kier alpha value is -3.01. The molecule has 7 nitrogen and oxygen atoms in total.